The molecule has 1 aliphatic rings. The smallest absolute Gasteiger partial charge is 0.277 e. The van der Waals surface area contributed by atoms with E-state index in [4.69, 9.17) is 4.42 Å². The monoisotopic (exact) mass is 403 g/mol. The Morgan fingerprint density at radius 1 is 1.18 bits per heavy atom. The SMILES string of the molecule is Cc1cccc(-c2nnc(SCC(=O)N3CCN(CC(=O)N(C)C)CC3)o2)c1. The summed E-state index contributed by atoms with van der Waals surface area (Å²) in [6.07, 6.45) is 0. The number of thioether (sulfide) groups is 1. The van der Waals surface area contributed by atoms with Gasteiger partial charge in [-0.05, 0) is 19.1 Å². The number of hydrogen-bond donors (Lipinski definition) is 0. The lowest BCUT2D eigenvalue weighted by atomic mass is 10.1. The lowest BCUT2D eigenvalue weighted by molar-refractivity contribution is -0.132. The van der Waals surface area contributed by atoms with Crippen LogP contribution in [0.15, 0.2) is 33.9 Å². The van der Waals surface area contributed by atoms with Crippen LogP contribution in [0.1, 0.15) is 5.56 Å². The number of likely N-dealkylation sites (N-methyl/N-ethyl adjacent to an activating group) is 1. The molecule has 0 spiro atoms. The highest BCUT2D eigenvalue weighted by atomic mass is 32.2. The summed E-state index contributed by atoms with van der Waals surface area (Å²) >= 11 is 1.25. The summed E-state index contributed by atoms with van der Waals surface area (Å²) in [5, 5.41) is 8.48. The van der Waals surface area contributed by atoms with Crippen molar-refractivity contribution in [1.82, 2.24) is 24.9 Å². The number of nitrogens with zero attached hydrogens (tertiary/aromatic N) is 5. The van der Waals surface area contributed by atoms with Gasteiger partial charge in [0, 0.05) is 45.8 Å². The van der Waals surface area contributed by atoms with E-state index in [2.05, 4.69) is 15.1 Å². The van der Waals surface area contributed by atoms with Crippen molar-refractivity contribution in [3.63, 3.8) is 0 Å². The highest BCUT2D eigenvalue weighted by molar-refractivity contribution is 7.99. The molecule has 2 heterocycles. The molecule has 150 valence electrons. The molecule has 1 aromatic carbocycles. The van der Waals surface area contributed by atoms with Crippen LogP contribution in [0.3, 0.4) is 0 Å². The van der Waals surface area contributed by atoms with E-state index < -0.39 is 0 Å². The summed E-state index contributed by atoms with van der Waals surface area (Å²) in [5.41, 5.74) is 1.99. The van der Waals surface area contributed by atoms with E-state index >= 15 is 0 Å². The van der Waals surface area contributed by atoms with Crippen LogP contribution in [0.4, 0.5) is 0 Å². The van der Waals surface area contributed by atoms with Crippen molar-refractivity contribution >= 4 is 23.6 Å². The molecule has 3 rings (SSSR count). The fourth-order valence-corrected chi connectivity index (χ4v) is 3.53. The Balaban J connectivity index is 1.46. The molecule has 0 aliphatic carbocycles. The molecule has 1 aliphatic heterocycles. The van der Waals surface area contributed by atoms with Crippen LogP contribution in [0.5, 0.6) is 0 Å². The van der Waals surface area contributed by atoms with Gasteiger partial charge in [0.15, 0.2) is 0 Å². The minimum Gasteiger partial charge on any atom is -0.411 e. The first-order valence-corrected chi connectivity index (χ1v) is 10.1. The van der Waals surface area contributed by atoms with Gasteiger partial charge >= 0.3 is 0 Å². The van der Waals surface area contributed by atoms with Crippen molar-refractivity contribution < 1.29 is 14.0 Å². The Hall–Kier alpha value is -2.39. The predicted molar refractivity (Wildman–Crippen MR) is 107 cm³/mol. The van der Waals surface area contributed by atoms with Gasteiger partial charge in [-0.15, -0.1) is 10.2 Å². The Morgan fingerprint density at radius 3 is 2.61 bits per heavy atom. The van der Waals surface area contributed by atoms with Crippen LogP contribution in [0, 0.1) is 6.92 Å². The quantitative estimate of drug-likeness (QED) is 0.674. The molecule has 0 atom stereocenters. The minimum atomic E-state index is 0.0406. The maximum atomic E-state index is 12.5. The van der Waals surface area contributed by atoms with Crippen molar-refractivity contribution in [1.29, 1.82) is 0 Å². The van der Waals surface area contributed by atoms with Crippen LogP contribution in [-0.2, 0) is 9.59 Å². The van der Waals surface area contributed by atoms with E-state index in [9.17, 15) is 9.59 Å². The largest absolute Gasteiger partial charge is 0.411 e. The van der Waals surface area contributed by atoms with Gasteiger partial charge in [-0.3, -0.25) is 14.5 Å². The standard InChI is InChI=1S/C19H25N5O3S/c1-14-5-4-6-15(11-14)18-20-21-19(27-18)28-13-17(26)24-9-7-23(8-10-24)12-16(25)22(2)3/h4-6,11H,7-10,12-13H2,1-3H3. The average molecular weight is 404 g/mol. The number of rotatable bonds is 6. The first-order chi connectivity index (χ1) is 13.4. The number of amides is 2. The van der Waals surface area contributed by atoms with Crippen molar-refractivity contribution in [2.24, 2.45) is 0 Å². The van der Waals surface area contributed by atoms with Gasteiger partial charge in [0.05, 0.1) is 12.3 Å². The molecule has 2 amide bonds. The van der Waals surface area contributed by atoms with Gasteiger partial charge in [0.1, 0.15) is 0 Å². The lowest BCUT2D eigenvalue weighted by Crippen LogP contribution is -2.51. The topological polar surface area (TPSA) is 82.8 Å². The maximum absolute atomic E-state index is 12.5. The number of carbonyl (C=O) groups excluding carboxylic acids is 2. The summed E-state index contributed by atoms with van der Waals surface area (Å²) in [6, 6.07) is 7.84. The van der Waals surface area contributed by atoms with Gasteiger partial charge in [-0.2, -0.15) is 0 Å². The molecule has 0 saturated carbocycles. The zero-order chi connectivity index (χ0) is 20.1. The Bertz CT molecular complexity index is 830. The third kappa shape index (κ3) is 5.32. The van der Waals surface area contributed by atoms with Crippen LogP contribution in [0.2, 0.25) is 0 Å². The molecule has 0 bridgehead atoms. The van der Waals surface area contributed by atoms with E-state index in [0.717, 1.165) is 11.1 Å². The van der Waals surface area contributed by atoms with Crippen molar-refractivity contribution in [3.8, 4) is 11.5 Å². The highest BCUT2D eigenvalue weighted by Crippen LogP contribution is 2.24. The fourth-order valence-electron chi connectivity index (χ4n) is 2.87. The Labute approximate surface area is 168 Å². The summed E-state index contributed by atoms with van der Waals surface area (Å²) in [6.45, 7) is 5.05. The van der Waals surface area contributed by atoms with Gasteiger partial charge in [0.25, 0.3) is 5.22 Å². The van der Waals surface area contributed by atoms with E-state index in [1.165, 1.54) is 11.8 Å². The second kappa shape index (κ2) is 9.20. The molecule has 2 aromatic rings. The molecule has 28 heavy (non-hydrogen) atoms. The Morgan fingerprint density at radius 2 is 1.93 bits per heavy atom. The molecular formula is C19H25N5O3S. The van der Waals surface area contributed by atoms with Crippen LogP contribution in [-0.4, -0.2) is 89.3 Å². The third-order valence-electron chi connectivity index (χ3n) is 4.57. The lowest BCUT2D eigenvalue weighted by Gasteiger charge is -2.34. The van der Waals surface area contributed by atoms with Crippen LogP contribution >= 0.6 is 11.8 Å². The normalized spacial score (nSPS) is 14.9. The minimum absolute atomic E-state index is 0.0406. The predicted octanol–water partition coefficient (Wildman–Crippen LogP) is 1.37. The number of hydrogen-bond acceptors (Lipinski definition) is 7. The molecule has 1 saturated heterocycles. The van der Waals surface area contributed by atoms with Crippen molar-refractivity contribution in [3.05, 3.63) is 29.8 Å². The molecule has 0 unspecified atom stereocenters. The molecule has 1 fully saturated rings. The zero-order valence-corrected chi connectivity index (χ0v) is 17.2. The first kappa shape index (κ1) is 20.3. The molecule has 0 N–H and O–H groups in total. The van der Waals surface area contributed by atoms with E-state index in [1.54, 1.807) is 19.0 Å². The fraction of sp³-hybridized carbons (Fsp3) is 0.474. The number of aromatic nitrogens is 2. The van der Waals surface area contributed by atoms with Gasteiger partial charge in [-0.25, -0.2) is 0 Å². The second-order valence-electron chi connectivity index (χ2n) is 6.98. The van der Waals surface area contributed by atoms with Crippen molar-refractivity contribution in [2.75, 3.05) is 52.6 Å². The summed E-state index contributed by atoms with van der Waals surface area (Å²) in [5.74, 6) is 0.833. The van der Waals surface area contributed by atoms with Crippen molar-refractivity contribution in [2.45, 2.75) is 12.1 Å². The molecule has 8 nitrogen and oxygen atoms in total. The van der Waals surface area contributed by atoms with E-state index in [0.29, 0.717) is 43.8 Å². The maximum Gasteiger partial charge on any atom is 0.277 e. The number of piperazine rings is 1. The van der Waals surface area contributed by atoms with Gasteiger partial charge < -0.3 is 14.2 Å². The average Bonchev–Trinajstić information content (AvgIpc) is 3.15. The number of benzene rings is 1. The number of aryl methyl sites for hydroxylation is 1. The third-order valence-corrected chi connectivity index (χ3v) is 5.38. The second-order valence-corrected chi connectivity index (χ2v) is 7.90. The molecular weight excluding hydrogens is 378 g/mol. The number of carbonyl (C=O) groups is 2. The molecule has 0 radical (unpaired) electrons. The van der Waals surface area contributed by atoms with E-state index in [1.807, 2.05) is 36.1 Å². The van der Waals surface area contributed by atoms with Crippen LogP contribution in [0.25, 0.3) is 11.5 Å². The zero-order valence-electron chi connectivity index (χ0n) is 16.4. The summed E-state index contributed by atoms with van der Waals surface area (Å²) in [4.78, 5) is 29.7. The summed E-state index contributed by atoms with van der Waals surface area (Å²) in [7, 11) is 3.50. The van der Waals surface area contributed by atoms with Gasteiger partial charge in [-0.1, -0.05) is 29.5 Å². The highest BCUT2D eigenvalue weighted by Gasteiger charge is 2.23. The van der Waals surface area contributed by atoms with Crippen LogP contribution < -0.4 is 0 Å². The Kier molecular flexibility index (Phi) is 6.69. The summed E-state index contributed by atoms with van der Waals surface area (Å²) < 4.78 is 5.67. The molecule has 1 aromatic heterocycles. The van der Waals surface area contributed by atoms with Gasteiger partial charge in [0.2, 0.25) is 17.7 Å². The van der Waals surface area contributed by atoms with E-state index in [-0.39, 0.29) is 17.6 Å². The molecule has 9 heteroatoms. The first-order valence-electron chi connectivity index (χ1n) is 9.16.